The minimum Gasteiger partial charge on any atom is -0.299 e. The van der Waals surface area contributed by atoms with Crippen LogP contribution in [-0.4, -0.2) is 11.7 Å². The smallest absolute Gasteiger partial charge is 0.248 e. The zero-order valence-corrected chi connectivity index (χ0v) is 9.78. The minimum absolute atomic E-state index is 0.00674. The molecule has 1 aliphatic rings. The predicted molar refractivity (Wildman–Crippen MR) is 56.0 cm³/mol. The fourth-order valence-electron chi connectivity index (χ4n) is 2.02. The average molecular weight is 218 g/mol. The summed E-state index contributed by atoms with van der Waals surface area (Å²) in [5, 5.41) is 0. The topological polar surface area (TPSA) is 17.1 Å². The van der Waals surface area contributed by atoms with Crippen LogP contribution in [0.3, 0.4) is 0 Å². The lowest BCUT2D eigenvalue weighted by Gasteiger charge is -2.30. The standard InChI is InChI=1S/C12H20F2O/c1-11(2,3)10(15)7-9-5-4-6-12(13,14)8-9/h9H,4-8H2,1-3H3. The van der Waals surface area contributed by atoms with E-state index in [2.05, 4.69) is 0 Å². The molecule has 1 saturated carbocycles. The van der Waals surface area contributed by atoms with Crippen LogP contribution in [0, 0.1) is 11.3 Å². The molecule has 0 aromatic rings. The van der Waals surface area contributed by atoms with Gasteiger partial charge in [-0.15, -0.1) is 0 Å². The van der Waals surface area contributed by atoms with Crippen molar-refractivity contribution in [2.75, 3.05) is 0 Å². The lowest BCUT2D eigenvalue weighted by Crippen LogP contribution is -2.30. The predicted octanol–water partition coefficient (Wildman–Crippen LogP) is 3.82. The summed E-state index contributed by atoms with van der Waals surface area (Å²) in [7, 11) is 0. The van der Waals surface area contributed by atoms with Gasteiger partial charge in [0.05, 0.1) is 0 Å². The summed E-state index contributed by atoms with van der Waals surface area (Å²) < 4.78 is 26.2. The molecule has 1 atom stereocenters. The van der Waals surface area contributed by atoms with E-state index in [1.165, 1.54) is 0 Å². The normalized spacial score (nSPS) is 26.3. The van der Waals surface area contributed by atoms with E-state index in [1.54, 1.807) is 0 Å². The summed E-state index contributed by atoms with van der Waals surface area (Å²) in [6, 6.07) is 0. The van der Waals surface area contributed by atoms with Gasteiger partial charge in [0.15, 0.2) is 0 Å². The van der Waals surface area contributed by atoms with Crippen molar-refractivity contribution in [3.05, 3.63) is 0 Å². The Morgan fingerprint density at radius 2 is 2.00 bits per heavy atom. The van der Waals surface area contributed by atoms with E-state index >= 15 is 0 Å². The Kier molecular flexibility index (Phi) is 3.51. The maximum Gasteiger partial charge on any atom is 0.248 e. The molecule has 0 aliphatic heterocycles. The number of ketones is 1. The summed E-state index contributed by atoms with van der Waals surface area (Å²) in [6.07, 6.45) is 1.54. The molecule has 15 heavy (non-hydrogen) atoms. The Labute approximate surface area is 90.2 Å². The van der Waals surface area contributed by atoms with Gasteiger partial charge in [-0.2, -0.15) is 0 Å². The van der Waals surface area contributed by atoms with Gasteiger partial charge < -0.3 is 0 Å². The van der Waals surface area contributed by atoms with Crippen LogP contribution >= 0.6 is 0 Å². The molecule has 0 heterocycles. The van der Waals surface area contributed by atoms with Crippen molar-refractivity contribution >= 4 is 5.78 Å². The molecule has 1 unspecified atom stereocenters. The molecule has 0 saturated heterocycles. The zero-order valence-electron chi connectivity index (χ0n) is 9.78. The number of rotatable bonds is 2. The van der Waals surface area contributed by atoms with E-state index in [1.807, 2.05) is 20.8 Å². The summed E-state index contributed by atoms with van der Waals surface area (Å²) >= 11 is 0. The van der Waals surface area contributed by atoms with E-state index in [-0.39, 0.29) is 24.5 Å². The lowest BCUT2D eigenvalue weighted by atomic mass is 9.78. The Morgan fingerprint density at radius 3 is 2.47 bits per heavy atom. The van der Waals surface area contributed by atoms with Crippen LogP contribution in [0.2, 0.25) is 0 Å². The molecule has 1 rings (SSSR count). The Balaban J connectivity index is 2.49. The second-order valence-corrected chi connectivity index (χ2v) is 5.70. The van der Waals surface area contributed by atoms with Crippen molar-refractivity contribution in [3.8, 4) is 0 Å². The number of hydrogen-bond acceptors (Lipinski definition) is 1. The van der Waals surface area contributed by atoms with Crippen LogP contribution in [0.15, 0.2) is 0 Å². The zero-order chi connectivity index (χ0) is 11.7. The monoisotopic (exact) mass is 218 g/mol. The summed E-state index contributed by atoms with van der Waals surface area (Å²) in [5.41, 5.74) is -0.396. The largest absolute Gasteiger partial charge is 0.299 e. The van der Waals surface area contributed by atoms with Gasteiger partial charge in [-0.3, -0.25) is 4.79 Å². The fraction of sp³-hybridized carbons (Fsp3) is 0.917. The molecule has 1 fully saturated rings. The second kappa shape index (κ2) is 4.18. The number of hydrogen-bond donors (Lipinski definition) is 0. The van der Waals surface area contributed by atoms with Crippen LogP contribution in [-0.2, 0) is 4.79 Å². The molecule has 0 spiro atoms. The van der Waals surface area contributed by atoms with E-state index in [4.69, 9.17) is 0 Å². The van der Waals surface area contributed by atoms with Crippen molar-refractivity contribution in [2.45, 2.75) is 58.8 Å². The van der Waals surface area contributed by atoms with Gasteiger partial charge in [-0.25, -0.2) is 8.78 Å². The van der Waals surface area contributed by atoms with Crippen LogP contribution < -0.4 is 0 Å². The van der Waals surface area contributed by atoms with E-state index < -0.39 is 11.3 Å². The second-order valence-electron chi connectivity index (χ2n) is 5.70. The first kappa shape index (κ1) is 12.6. The highest BCUT2D eigenvalue weighted by atomic mass is 19.3. The number of Topliss-reactive ketones (excluding diaryl/α,β-unsaturated/α-hetero) is 1. The van der Waals surface area contributed by atoms with E-state index in [0.29, 0.717) is 12.8 Å². The van der Waals surface area contributed by atoms with Crippen molar-refractivity contribution in [1.29, 1.82) is 0 Å². The van der Waals surface area contributed by atoms with Crippen molar-refractivity contribution < 1.29 is 13.6 Å². The van der Waals surface area contributed by atoms with Gasteiger partial charge in [-0.1, -0.05) is 20.8 Å². The molecule has 0 aromatic carbocycles. The first-order chi connectivity index (χ1) is 6.71. The number of carbonyl (C=O) groups excluding carboxylic acids is 1. The average Bonchev–Trinajstić information content (AvgIpc) is 2.00. The minimum atomic E-state index is -2.54. The first-order valence-corrected chi connectivity index (χ1v) is 5.62. The van der Waals surface area contributed by atoms with Crippen LogP contribution in [0.4, 0.5) is 8.78 Å². The number of halogens is 2. The van der Waals surface area contributed by atoms with E-state index in [9.17, 15) is 13.6 Å². The van der Waals surface area contributed by atoms with Crippen LogP contribution in [0.1, 0.15) is 52.9 Å². The van der Waals surface area contributed by atoms with Gasteiger partial charge in [-0.05, 0) is 18.8 Å². The van der Waals surface area contributed by atoms with Gasteiger partial charge in [0.2, 0.25) is 5.92 Å². The molecule has 0 aromatic heterocycles. The van der Waals surface area contributed by atoms with Crippen molar-refractivity contribution in [1.82, 2.24) is 0 Å². The molecule has 1 nitrogen and oxygen atoms in total. The highest BCUT2D eigenvalue weighted by molar-refractivity contribution is 5.83. The highest BCUT2D eigenvalue weighted by Crippen LogP contribution is 2.39. The third-order valence-electron chi connectivity index (χ3n) is 3.05. The quantitative estimate of drug-likeness (QED) is 0.688. The fourth-order valence-corrected chi connectivity index (χ4v) is 2.02. The molecule has 0 radical (unpaired) electrons. The number of carbonyl (C=O) groups is 1. The lowest BCUT2D eigenvalue weighted by molar-refractivity contribution is -0.128. The SMILES string of the molecule is CC(C)(C)C(=O)CC1CCCC(F)(F)C1. The molecular weight excluding hydrogens is 198 g/mol. The summed E-state index contributed by atoms with van der Waals surface area (Å²) in [5.74, 6) is -2.55. The van der Waals surface area contributed by atoms with Crippen LogP contribution in [0.25, 0.3) is 0 Å². The molecule has 3 heteroatoms. The van der Waals surface area contributed by atoms with E-state index in [0.717, 1.165) is 6.42 Å². The highest BCUT2D eigenvalue weighted by Gasteiger charge is 2.37. The molecule has 0 bridgehead atoms. The third-order valence-corrected chi connectivity index (χ3v) is 3.05. The maximum absolute atomic E-state index is 13.1. The Hall–Kier alpha value is -0.470. The number of alkyl halides is 2. The Bertz CT molecular complexity index is 240. The van der Waals surface area contributed by atoms with Gasteiger partial charge in [0.1, 0.15) is 5.78 Å². The molecule has 1 aliphatic carbocycles. The molecule has 88 valence electrons. The van der Waals surface area contributed by atoms with Crippen molar-refractivity contribution in [2.24, 2.45) is 11.3 Å². The summed E-state index contributed by atoms with van der Waals surface area (Å²) in [4.78, 5) is 11.7. The molecule has 0 amide bonds. The van der Waals surface area contributed by atoms with Gasteiger partial charge in [0.25, 0.3) is 0 Å². The Morgan fingerprint density at radius 1 is 1.40 bits per heavy atom. The van der Waals surface area contributed by atoms with Gasteiger partial charge >= 0.3 is 0 Å². The van der Waals surface area contributed by atoms with Gasteiger partial charge in [0, 0.05) is 24.7 Å². The first-order valence-electron chi connectivity index (χ1n) is 5.62. The molecule has 0 N–H and O–H groups in total. The molecular formula is C12H20F2O. The summed E-state index contributed by atoms with van der Waals surface area (Å²) in [6.45, 7) is 5.53. The maximum atomic E-state index is 13.1. The third kappa shape index (κ3) is 3.88. The van der Waals surface area contributed by atoms with Crippen LogP contribution in [0.5, 0.6) is 0 Å². The van der Waals surface area contributed by atoms with Crippen molar-refractivity contribution in [3.63, 3.8) is 0 Å².